The fraction of sp³-hybridized carbons (Fsp3) is 0.417. The molecule has 1 saturated heterocycles. The third-order valence-corrected chi connectivity index (χ3v) is 3.20. The first-order valence-electron chi connectivity index (χ1n) is 5.56. The number of carbonyl (C=O) groups excluding carboxylic acids is 1. The van der Waals surface area contributed by atoms with Crippen LogP contribution in [0.5, 0.6) is 0 Å². The van der Waals surface area contributed by atoms with Crippen LogP contribution in [-0.2, 0) is 4.79 Å². The summed E-state index contributed by atoms with van der Waals surface area (Å²) in [6.45, 7) is 0.691. The van der Waals surface area contributed by atoms with Crippen LogP contribution in [0.15, 0.2) is 24.3 Å². The molecule has 5 heteroatoms. The molecule has 1 unspecified atom stereocenters. The highest BCUT2D eigenvalue weighted by molar-refractivity contribution is 5.76. The van der Waals surface area contributed by atoms with E-state index in [9.17, 15) is 14.9 Å². The van der Waals surface area contributed by atoms with Crippen LogP contribution in [0.2, 0.25) is 0 Å². The molecule has 1 aromatic rings. The van der Waals surface area contributed by atoms with E-state index in [2.05, 4.69) is 0 Å². The van der Waals surface area contributed by atoms with Crippen molar-refractivity contribution in [2.24, 2.45) is 0 Å². The molecule has 1 aliphatic rings. The maximum Gasteiger partial charge on any atom is 0.269 e. The van der Waals surface area contributed by atoms with E-state index >= 15 is 0 Å². The van der Waals surface area contributed by atoms with Crippen LogP contribution in [0.3, 0.4) is 0 Å². The van der Waals surface area contributed by atoms with E-state index in [4.69, 9.17) is 0 Å². The number of hydrogen-bond acceptors (Lipinski definition) is 3. The lowest BCUT2D eigenvalue weighted by Crippen LogP contribution is -2.35. The van der Waals surface area contributed by atoms with Crippen LogP contribution in [0.4, 0.5) is 5.69 Å². The molecular weight excluding hydrogens is 220 g/mol. The summed E-state index contributed by atoms with van der Waals surface area (Å²) in [7, 11) is 1.79. The summed E-state index contributed by atoms with van der Waals surface area (Å²) >= 11 is 0. The minimum atomic E-state index is -0.402. The Hall–Kier alpha value is -1.91. The Bertz CT molecular complexity index is 442. The lowest BCUT2D eigenvalue weighted by molar-refractivity contribution is -0.384. The number of amides is 1. The number of nitro groups is 1. The van der Waals surface area contributed by atoms with Gasteiger partial charge < -0.3 is 4.90 Å². The van der Waals surface area contributed by atoms with Crippen molar-refractivity contribution in [3.63, 3.8) is 0 Å². The van der Waals surface area contributed by atoms with E-state index in [-0.39, 0.29) is 11.6 Å². The molecule has 1 aromatic carbocycles. The van der Waals surface area contributed by atoms with Crippen molar-refractivity contribution in [2.45, 2.75) is 18.8 Å². The molecule has 0 aliphatic carbocycles. The van der Waals surface area contributed by atoms with Gasteiger partial charge in [0.25, 0.3) is 5.69 Å². The molecule has 0 bridgehead atoms. The second-order valence-electron chi connectivity index (χ2n) is 4.36. The maximum absolute atomic E-state index is 11.4. The van der Waals surface area contributed by atoms with Gasteiger partial charge in [-0.15, -0.1) is 0 Å². The lowest BCUT2D eigenvalue weighted by Gasteiger charge is -2.29. The molecule has 1 atom stereocenters. The third-order valence-electron chi connectivity index (χ3n) is 3.20. The summed E-state index contributed by atoms with van der Waals surface area (Å²) in [6, 6.07) is 6.61. The number of rotatable bonds is 2. The SMILES string of the molecule is CN1CC(c2ccc([N+](=O)[O-])cc2)CCC1=O. The highest BCUT2D eigenvalue weighted by Gasteiger charge is 2.24. The van der Waals surface area contributed by atoms with Gasteiger partial charge in [-0.2, -0.15) is 0 Å². The molecule has 1 heterocycles. The Morgan fingerprint density at radius 2 is 2.00 bits per heavy atom. The zero-order valence-electron chi connectivity index (χ0n) is 9.63. The van der Waals surface area contributed by atoms with Crippen LogP contribution in [0, 0.1) is 10.1 Å². The van der Waals surface area contributed by atoms with Gasteiger partial charge in [-0.25, -0.2) is 0 Å². The zero-order valence-corrected chi connectivity index (χ0v) is 9.63. The Labute approximate surface area is 99.2 Å². The predicted molar refractivity (Wildman–Crippen MR) is 62.7 cm³/mol. The molecular formula is C12H14N2O3. The monoisotopic (exact) mass is 234 g/mol. The van der Waals surface area contributed by atoms with Crippen LogP contribution in [0.1, 0.15) is 24.3 Å². The van der Waals surface area contributed by atoms with Gasteiger partial charge in [-0.1, -0.05) is 12.1 Å². The number of nitrogens with zero attached hydrogens (tertiary/aromatic N) is 2. The molecule has 0 aromatic heterocycles. The molecule has 2 rings (SSSR count). The number of carbonyl (C=O) groups is 1. The van der Waals surface area contributed by atoms with Crippen LogP contribution >= 0.6 is 0 Å². The van der Waals surface area contributed by atoms with Crippen molar-refractivity contribution in [1.82, 2.24) is 4.90 Å². The molecule has 0 saturated carbocycles. The Morgan fingerprint density at radius 3 is 2.53 bits per heavy atom. The fourth-order valence-electron chi connectivity index (χ4n) is 2.15. The highest BCUT2D eigenvalue weighted by atomic mass is 16.6. The average molecular weight is 234 g/mol. The minimum Gasteiger partial charge on any atom is -0.345 e. The lowest BCUT2D eigenvalue weighted by atomic mass is 9.90. The fourth-order valence-corrected chi connectivity index (χ4v) is 2.15. The number of likely N-dealkylation sites (N-methyl/N-ethyl adjacent to an activating group) is 1. The summed E-state index contributed by atoms with van der Waals surface area (Å²) in [4.78, 5) is 23.2. The average Bonchev–Trinajstić information content (AvgIpc) is 2.33. The first kappa shape index (κ1) is 11.6. The molecule has 0 N–H and O–H groups in total. The van der Waals surface area contributed by atoms with Gasteiger partial charge in [-0.3, -0.25) is 14.9 Å². The summed E-state index contributed by atoms with van der Waals surface area (Å²) in [5, 5.41) is 10.5. The molecule has 1 aliphatic heterocycles. The van der Waals surface area contributed by atoms with Gasteiger partial charge in [0.1, 0.15) is 0 Å². The Kier molecular flexibility index (Phi) is 3.08. The van der Waals surface area contributed by atoms with E-state index in [0.717, 1.165) is 12.0 Å². The standard InChI is InChI=1S/C12H14N2O3/c1-13-8-10(4-7-12(13)15)9-2-5-11(6-3-9)14(16)17/h2-3,5-6,10H,4,7-8H2,1H3. The maximum atomic E-state index is 11.4. The second kappa shape index (κ2) is 4.53. The molecule has 1 amide bonds. The quantitative estimate of drug-likeness (QED) is 0.580. The summed E-state index contributed by atoms with van der Waals surface area (Å²) in [5.74, 6) is 0.460. The Balaban J connectivity index is 2.12. The van der Waals surface area contributed by atoms with E-state index in [1.165, 1.54) is 12.1 Å². The number of benzene rings is 1. The van der Waals surface area contributed by atoms with Gasteiger partial charge in [0.15, 0.2) is 0 Å². The number of nitro benzene ring substituents is 1. The van der Waals surface area contributed by atoms with Gasteiger partial charge in [-0.05, 0) is 12.0 Å². The van der Waals surface area contributed by atoms with Gasteiger partial charge in [0, 0.05) is 38.1 Å². The van der Waals surface area contributed by atoms with Crippen molar-refractivity contribution in [3.8, 4) is 0 Å². The summed E-state index contributed by atoms with van der Waals surface area (Å²) < 4.78 is 0. The summed E-state index contributed by atoms with van der Waals surface area (Å²) in [5.41, 5.74) is 1.17. The molecule has 5 nitrogen and oxygen atoms in total. The first-order chi connectivity index (χ1) is 8.08. The van der Waals surface area contributed by atoms with Gasteiger partial charge >= 0.3 is 0 Å². The number of piperidine rings is 1. The predicted octanol–water partition coefficient (Wildman–Crippen LogP) is 1.93. The normalized spacial score (nSPS) is 20.4. The Morgan fingerprint density at radius 1 is 1.35 bits per heavy atom. The molecule has 0 spiro atoms. The second-order valence-corrected chi connectivity index (χ2v) is 4.36. The highest BCUT2D eigenvalue weighted by Crippen LogP contribution is 2.27. The smallest absolute Gasteiger partial charge is 0.269 e. The van der Waals surface area contributed by atoms with E-state index in [1.54, 1.807) is 24.1 Å². The van der Waals surface area contributed by atoms with Crippen molar-refractivity contribution in [2.75, 3.05) is 13.6 Å². The largest absolute Gasteiger partial charge is 0.345 e. The van der Waals surface area contributed by atoms with Crippen molar-refractivity contribution in [1.29, 1.82) is 0 Å². The third kappa shape index (κ3) is 2.43. The zero-order chi connectivity index (χ0) is 12.4. The number of non-ortho nitro benzene ring substituents is 1. The van der Waals surface area contributed by atoms with Gasteiger partial charge in [0.05, 0.1) is 4.92 Å². The summed E-state index contributed by atoms with van der Waals surface area (Å²) in [6.07, 6.45) is 1.37. The minimum absolute atomic E-state index is 0.106. The molecule has 0 radical (unpaired) electrons. The topological polar surface area (TPSA) is 63.4 Å². The molecule has 1 fully saturated rings. The van der Waals surface area contributed by atoms with Crippen molar-refractivity contribution in [3.05, 3.63) is 39.9 Å². The van der Waals surface area contributed by atoms with Crippen LogP contribution in [-0.4, -0.2) is 29.3 Å². The van der Waals surface area contributed by atoms with Gasteiger partial charge in [0.2, 0.25) is 5.91 Å². The van der Waals surface area contributed by atoms with Crippen LogP contribution < -0.4 is 0 Å². The van der Waals surface area contributed by atoms with Crippen molar-refractivity contribution < 1.29 is 9.72 Å². The molecule has 17 heavy (non-hydrogen) atoms. The van der Waals surface area contributed by atoms with E-state index < -0.39 is 4.92 Å². The van der Waals surface area contributed by atoms with Crippen LogP contribution in [0.25, 0.3) is 0 Å². The first-order valence-corrected chi connectivity index (χ1v) is 5.56. The van der Waals surface area contributed by atoms with Crippen molar-refractivity contribution >= 4 is 11.6 Å². The molecule has 90 valence electrons. The number of likely N-dealkylation sites (tertiary alicyclic amines) is 1. The number of hydrogen-bond donors (Lipinski definition) is 0. The van der Waals surface area contributed by atoms with E-state index in [0.29, 0.717) is 18.9 Å². The van der Waals surface area contributed by atoms with E-state index in [1.807, 2.05) is 0 Å².